The van der Waals surface area contributed by atoms with Crippen molar-refractivity contribution in [1.82, 2.24) is 10.2 Å². The molecule has 4 rings (SSSR count). The number of hydrogen-bond acceptors (Lipinski definition) is 4. The average molecular weight is 378 g/mol. The Morgan fingerprint density at radius 1 is 0.929 bits per heavy atom. The molecule has 0 saturated carbocycles. The number of nitrogens with zero attached hydrogens (tertiary/aromatic N) is 1. The largest absolute Gasteiger partial charge is 0.467 e. The minimum atomic E-state index is -0.327. The number of likely N-dealkylation sites (tertiary alicyclic amines) is 1. The van der Waals surface area contributed by atoms with Crippen LogP contribution >= 0.6 is 0 Å². The number of hydrogen-bond donors (Lipinski definition) is 1. The van der Waals surface area contributed by atoms with E-state index in [1.165, 1.54) is 6.26 Å². The summed E-state index contributed by atoms with van der Waals surface area (Å²) in [4.78, 5) is 27.0. The zero-order valence-corrected chi connectivity index (χ0v) is 15.4. The van der Waals surface area contributed by atoms with Crippen LogP contribution in [-0.2, 0) is 4.79 Å². The summed E-state index contributed by atoms with van der Waals surface area (Å²) in [5.74, 6) is 0.758. The Morgan fingerprint density at radius 2 is 1.64 bits per heavy atom. The molecule has 28 heavy (non-hydrogen) atoms. The molecule has 0 bridgehead atoms. The zero-order chi connectivity index (χ0) is 19.3. The van der Waals surface area contributed by atoms with Crippen LogP contribution in [0.5, 0.6) is 0 Å². The summed E-state index contributed by atoms with van der Waals surface area (Å²) >= 11 is 0. The monoisotopic (exact) mass is 378 g/mol. The third-order valence-electron chi connectivity index (χ3n) is 5.13. The Bertz CT molecular complexity index is 895. The predicted molar refractivity (Wildman–Crippen MR) is 102 cm³/mol. The van der Waals surface area contributed by atoms with Gasteiger partial charge in [0.05, 0.1) is 12.5 Å². The molecule has 1 aliphatic rings. The summed E-state index contributed by atoms with van der Waals surface area (Å²) in [6, 6.07) is 16.5. The average Bonchev–Trinajstić information content (AvgIpc) is 3.46. The Hall–Kier alpha value is -3.28. The Labute approximate surface area is 163 Å². The standard InChI is InChI=1S/C22H22N2O4/c25-21(17-10-12-24(13-11-17)22(26)19-9-5-15-28-19)23-20(18-8-4-14-27-18)16-6-2-1-3-7-16/h1-9,14-15,17,20H,10-13H2,(H,23,25). The highest BCUT2D eigenvalue weighted by molar-refractivity contribution is 5.91. The van der Waals surface area contributed by atoms with Crippen LogP contribution in [-0.4, -0.2) is 29.8 Å². The molecule has 0 spiro atoms. The lowest BCUT2D eigenvalue weighted by atomic mass is 9.94. The van der Waals surface area contributed by atoms with Gasteiger partial charge in [-0.25, -0.2) is 0 Å². The van der Waals surface area contributed by atoms with E-state index in [-0.39, 0.29) is 23.8 Å². The van der Waals surface area contributed by atoms with Crippen molar-refractivity contribution >= 4 is 11.8 Å². The van der Waals surface area contributed by atoms with Crippen molar-refractivity contribution in [3.8, 4) is 0 Å². The van der Waals surface area contributed by atoms with Gasteiger partial charge in [0.2, 0.25) is 5.91 Å². The second-order valence-electron chi connectivity index (χ2n) is 6.91. The first-order valence-electron chi connectivity index (χ1n) is 9.44. The molecule has 0 radical (unpaired) electrons. The van der Waals surface area contributed by atoms with Crippen molar-refractivity contribution < 1.29 is 18.4 Å². The van der Waals surface area contributed by atoms with E-state index in [9.17, 15) is 9.59 Å². The highest BCUT2D eigenvalue weighted by atomic mass is 16.3. The number of nitrogens with one attached hydrogen (secondary N) is 1. The summed E-state index contributed by atoms with van der Waals surface area (Å²) in [6.07, 6.45) is 4.35. The van der Waals surface area contributed by atoms with Crippen molar-refractivity contribution in [2.45, 2.75) is 18.9 Å². The lowest BCUT2D eigenvalue weighted by molar-refractivity contribution is -0.126. The molecule has 2 aromatic heterocycles. The molecule has 1 fully saturated rings. The van der Waals surface area contributed by atoms with Crippen LogP contribution in [0.2, 0.25) is 0 Å². The van der Waals surface area contributed by atoms with E-state index in [0.29, 0.717) is 37.5 Å². The lowest BCUT2D eigenvalue weighted by Crippen LogP contribution is -2.43. The first-order chi connectivity index (χ1) is 13.7. The fourth-order valence-corrected chi connectivity index (χ4v) is 3.58. The van der Waals surface area contributed by atoms with Crippen LogP contribution in [0.25, 0.3) is 0 Å². The van der Waals surface area contributed by atoms with Gasteiger partial charge < -0.3 is 19.1 Å². The Balaban J connectivity index is 1.40. The van der Waals surface area contributed by atoms with Crippen molar-refractivity contribution in [3.63, 3.8) is 0 Å². The van der Waals surface area contributed by atoms with E-state index in [4.69, 9.17) is 8.83 Å². The van der Waals surface area contributed by atoms with Crippen LogP contribution in [0.1, 0.15) is 40.8 Å². The summed E-state index contributed by atoms with van der Waals surface area (Å²) in [5.41, 5.74) is 0.969. The third kappa shape index (κ3) is 3.86. The molecule has 1 saturated heterocycles. The molecular weight excluding hydrogens is 356 g/mol. The molecule has 3 aromatic rings. The van der Waals surface area contributed by atoms with E-state index >= 15 is 0 Å². The second kappa shape index (κ2) is 8.17. The van der Waals surface area contributed by atoms with Gasteiger partial charge in [0.15, 0.2) is 5.76 Å². The molecule has 2 amide bonds. The van der Waals surface area contributed by atoms with Gasteiger partial charge in [-0.3, -0.25) is 9.59 Å². The maximum atomic E-state index is 12.9. The fourth-order valence-electron chi connectivity index (χ4n) is 3.58. The molecule has 0 aliphatic carbocycles. The van der Waals surface area contributed by atoms with Crippen molar-refractivity contribution in [3.05, 3.63) is 84.2 Å². The third-order valence-corrected chi connectivity index (χ3v) is 5.13. The van der Waals surface area contributed by atoms with Crippen LogP contribution in [0.15, 0.2) is 76.0 Å². The fraction of sp³-hybridized carbons (Fsp3) is 0.273. The SMILES string of the molecule is O=C(NC(c1ccccc1)c1ccco1)C1CCN(C(=O)c2ccco2)CC1. The topological polar surface area (TPSA) is 75.7 Å². The molecule has 6 nitrogen and oxygen atoms in total. The van der Waals surface area contributed by atoms with Crippen LogP contribution in [0, 0.1) is 5.92 Å². The van der Waals surface area contributed by atoms with E-state index in [2.05, 4.69) is 5.32 Å². The predicted octanol–water partition coefficient (Wildman–Crippen LogP) is 3.63. The molecular formula is C22H22N2O4. The van der Waals surface area contributed by atoms with Gasteiger partial charge in [-0.15, -0.1) is 0 Å². The van der Waals surface area contributed by atoms with Crippen molar-refractivity contribution in [2.75, 3.05) is 13.1 Å². The van der Waals surface area contributed by atoms with Gasteiger partial charge in [0.25, 0.3) is 5.91 Å². The zero-order valence-electron chi connectivity index (χ0n) is 15.4. The number of benzene rings is 1. The Kier molecular flexibility index (Phi) is 5.28. The highest BCUT2D eigenvalue weighted by Gasteiger charge is 2.30. The molecule has 1 aliphatic heterocycles. The van der Waals surface area contributed by atoms with Crippen molar-refractivity contribution in [1.29, 1.82) is 0 Å². The minimum absolute atomic E-state index is 0.0182. The molecule has 1 N–H and O–H groups in total. The van der Waals surface area contributed by atoms with E-state index < -0.39 is 0 Å². The Morgan fingerprint density at radius 3 is 2.29 bits per heavy atom. The number of rotatable bonds is 5. The van der Waals surface area contributed by atoms with Crippen LogP contribution in [0.4, 0.5) is 0 Å². The van der Waals surface area contributed by atoms with Crippen LogP contribution < -0.4 is 5.32 Å². The van der Waals surface area contributed by atoms with Crippen LogP contribution in [0.3, 0.4) is 0 Å². The summed E-state index contributed by atoms with van der Waals surface area (Å²) < 4.78 is 10.7. The molecule has 1 atom stereocenters. The van der Waals surface area contributed by atoms with Gasteiger partial charge in [0.1, 0.15) is 11.8 Å². The van der Waals surface area contributed by atoms with Gasteiger partial charge in [-0.1, -0.05) is 30.3 Å². The number of amides is 2. The summed E-state index contributed by atoms with van der Waals surface area (Å²) in [5, 5.41) is 3.12. The molecule has 6 heteroatoms. The number of carbonyl (C=O) groups is 2. The van der Waals surface area contributed by atoms with E-state index in [1.807, 2.05) is 42.5 Å². The van der Waals surface area contributed by atoms with Gasteiger partial charge in [-0.05, 0) is 42.7 Å². The van der Waals surface area contributed by atoms with Gasteiger partial charge >= 0.3 is 0 Å². The normalized spacial score (nSPS) is 15.9. The smallest absolute Gasteiger partial charge is 0.289 e. The minimum Gasteiger partial charge on any atom is -0.467 e. The van der Waals surface area contributed by atoms with Crippen molar-refractivity contribution in [2.24, 2.45) is 5.92 Å². The first kappa shape index (κ1) is 18.1. The molecule has 1 unspecified atom stereocenters. The lowest BCUT2D eigenvalue weighted by Gasteiger charge is -2.31. The molecule has 144 valence electrons. The summed E-state index contributed by atoms with van der Waals surface area (Å²) in [6.45, 7) is 1.07. The quantitative estimate of drug-likeness (QED) is 0.736. The highest BCUT2D eigenvalue weighted by Crippen LogP contribution is 2.25. The molecule has 3 heterocycles. The first-order valence-corrected chi connectivity index (χ1v) is 9.44. The maximum absolute atomic E-state index is 12.9. The number of carbonyl (C=O) groups excluding carboxylic acids is 2. The maximum Gasteiger partial charge on any atom is 0.289 e. The number of piperidine rings is 1. The molecule has 1 aromatic carbocycles. The van der Waals surface area contributed by atoms with Gasteiger partial charge in [-0.2, -0.15) is 0 Å². The summed E-state index contributed by atoms with van der Waals surface area (Å²) in [7, 11) is 0. The number of furan rings is 2. The van der Waals surface area contributed by atoms with Gasteiger partial charge in [0, 0.05) is 19.0 Å². The van der Waals surface area contributed by atoms with E-state index in [1.54, 1.807) is 23.3 Å². The van der Waals surface area contributed by atoms with E-state index in [0.717, 1.165) is 5.56 Å². The second-order valence-corrected chi connectivity index (χ2v) is 6.91.